The van der Waals surface area contributed by atoms with Crippen LogP contribution < -0.4 is 0 Å². The first kappa shape index (κ1) is 14.7. The van der Waals surface area contributed by atoms with E-state index in [-0.39, 0.29) is 5.69 Å². The average Bonchev–Trinajstić information content (AvgIpc) is 2.63. The summed E-state index contributed by atoms with van der Waals surface area (Å²) < 4.78 is 5.05. The number of aromatic carboxylic acids is 1. The largest absolute Gasteiger partial charge is 0.476 e. The SMILES string of the molecule is CC(C)CN(Cc1cc(C(=O)O)no1)CC(C)C. The van der Waals surface area contributed by atoms with Crippen LogP contribution in [0, 0.1) is 11.8 Å². The van der Waals surface area contributed by atoms with E-state index in [1.54, 1.807) is 0 Å². The number of carboxylic acids is 1. The molecule has 0 aliphatic rings. The molecule has 0 saturated carbocycles. The van der Waals surface area contributed by atoms with Crippen molar-refractivity contribution in [2.75, 3.05) is 13.1 Å². The highest BCUT2D eigenvalue weighted by atomic mass is 16.5. The van der Waals surface area contributed by atoms with Gasteiger partial charge in [-0.05, 0) is 11.8 Å². The lowest BCUT2D eigenvalue weighted by Crippen LogP contribution is -2.30. The van der Waals surface area contributed by atoms with Crippen molar-refractivity contribution in [3.05, 3.63) is 17.5 Å². The number of aromatic nitrogens is 1. The third-order valence-corrected chi connectivity index (χ3v) is 2.40. The van der Waals surface area contributed by atoms with Gasteiger partial charge in [-0.3, -0.25) is 4.90 Å². The van der Waals surface area contributed by atoms with Crippen LogP contribution in [0.2, 0.25) is 0 Å². The van der Waals surface area contributed by atoms with Gasteiger partial charge in [-0.2, -0.15) is 0 Å². The number of hydrogen-bond acceptors (Lipinski definition) is 4. The highest BCUT2D eigenvalue weighted by molar-refractivity contribution is 5.85. The van der Waals surface area contributed by atoms with Crippen molar-refractivity contribution >= 4 is 5.97 Å². The minimum absolute atomic E-state index is 0.0287. The molecule has 0 fully saturated rings. The maximum Gasteiger partial charge on any atom is 0.358 e. The lowest BCUT2D eigenvalue weighted by atomic mass is 10.1. The van der Waals surface area contributed by atoms with Crippen LogP contribution in [0.3, 0.4) is 0 Å². The van der Waals surface area contributed by atoms with E-state index in [1.165, 1.54) is 6.07 Å². The van der Waals surface area contributed by atoms with Crippen molar-refractivity contribution in [3.63, 3.8) is 0 Å². The lowest BCUT2D eigenvalue weighted by molar-refractivity contribution is 0.0685. The summed E-state index contributed by atoms with van der Waals surface area (Å²) in [7, 11) is 0. The lowest BCUT2D eigenvalue weighted by Gasteiger charge is -2.24. The summed E-state index contributed by atoms with van der Waals surface area (Å²) in [4.78, 5) is 13.0. The third kappa shape index (κ3) is 4.87. The average molecular weight is 254 g/mol. The molecule has 0 amide bonds. The van der Waals surface area contributed by atoms with Gasteiger partial charge >= 0.3 is 5.97 Å². The Morgan fingerprint density at radius 1 is 1.33 bits per heavy atom. The van der Waals surface area contributed by atoms with Gasteiger partial charge in [0.25, 0.3) is 0 Å². The van der Waals surface area contributed by atoms with Gasteiger partial charge in [-0.15, -0.1) is 0 Å². The summed E-state index contributed by atoms with van der Waals surface area (Å²) in [5, 5.41) is 12.3. The Balaban J connectivity index is 2.65. The number of carboxylic acid groups (broad SMARTS) is 1. The molecule has 5 nitrogen and oxygen atoms in total. The number of carbonyl (C=O) groups is 1. The molecular formula is C13H22N2O3. The van der Waals surface area contributed by atoms with E-state index in [0.29, 0.717) is 24.1 Å². The van der Waals surface area contributed by atoms with E-state index in [9.17, 15) is 4.79 Å². The molecule has 18 heavy (non-hydrogen) atoms. The van der Waals surface area contributed by atoms with Crippen LogP contribution >= 0.6 is 0 Å². The minimum Gasteiger partial charge on any atom is -0.476 e. The van der Waals surface area contributed by atoms with Crippen LogP contribution in [-0.2, 0) is 6.54 Å². The highest BCUT2D eigenvalue weighted by Crippen LogP contribution is 2.11. The Morgan fingerprint density at radius 2 is 1.89 bits per heavy atom. The zero-order chi connectivity index (χ0) is 13.7. The van der Waals surface area contributed by atoms with Crippen LogP contribution in [0.25, 0.3) is 0 Å². The minimum atomic E-state index is -1.05. The van der Waals surface area contributed by atoms with E-state index in [2.05, 4.69) is 37.8 Å². The monoisotopic (exact) mass is 254 g/mol. The molecule has 1 N–H and O–H groups in total. The van der Waals surface area contributed by atoms with Gasteiger partial charge in [0.15, 0.2) is 11.5 Å². The highest BCUT2D eigenvalue weighted by Gasteiger charge is 2.15. The summed E-state index contributed by atoms with van der Waals surface area (Å²) in [6.07, 6.45) is 0. The fourth-order valence-corrected chi connectivity index (χ4v) is 1.95. The zero-order valence-corrected chi connectivity index (χ0v) is 11.5. The molecule has 1 heterocycles. The van der Waals surface area contributed by atoms with E-state index in [4.69, 9.17) is 9.63 Å². The van der Waals surface area contributed by atoms with Crippen molar-refractivity contribution in [2.24, 2.45) is 11.8 Å². The number of hydrogen-bond donors (Lipinski definition) is 1. The van der Waals surface area contributed by atoms with Gasteiger partial charge in [0.05, 0.1) is 6.54 Å². The van der Waals surface area contributed by atoms with Crippen molar-refractivity contribution in [1.29, 1.82) is 0 Å². The van der Waals surface area contributed by atoms with Gasteiger partial charge in [-0.25, -0.2) is 4.79 Å². The van der Waals surface area contributed by atoms with Crippen LogP contribution in [0.5, 0.6) is 0 Å². The Bertz CT molecular complexity index is 375. The predicted octanol–water partition coefficient (Wildman–Crippen LogP) is 2.49. The molecule has 0 spiro atoms. The molecule has 102 valence electrons. The van der Waals surface area contributed by atoms with E-state index in [1.807, 2.05) is 0 Å². The zero-order valence-electron chi connectivity index (χ0n) is 11.5. The summed E-state index contributed by atoms with van der Waals surface area (Å²) in [6.45, 7) is 11.2. The second kappa shape index (κ2) is 6.54. The Labute approximate surface area is 108 Å². The van der Waals surface area contributed by atoms with Crippen molar-refractivity contribution < 1.29 is 14.4 Å². The van der Waals surface area contributed by atoms with Gasteiger partial charge in [0.1, 0.15) is 0 Å². The number of rotatable bonds is 7. The predicted molar refractivity (Wildman–Crippen MR) is 68.4 cm³/mol. The molecule has 0 aliphatic carbocycles. The molecule has 0 bridgehead atoms. The molecule has 0 aliphatic heterocycles. The summed E-state index contributed by atoms with van der Waals surface area (Å²) >= 11 is 0. The van der Waals surface area contributed by atoms with Gasteiger partial charge < -0.3 is 9.63 Å². The molecule has 5 heteroatoms. The Hall–Kier alpha value is -1.36. The summed E-state index contributed by atoms with van der Waals surface area (Å²) in [5.41, 5.74) is -0.0287. The third-order valence-electron chi connectivity index (χ3n) is 2.40. The Morgan fingerprint density at radius 3 is 2.28 bits per heavy atom. The smallest absolute Gasteiger partial charge is 0.358 e. The Kier molecular flexibility index (Phi) is 5.34. The maximum absolute atomic E-state index is 10.7. The van der Waals surface area contributed by atoms with Crippen LogP contribution in [-0.4, -0.2) is 34.2 Å². The molecule has 0 saturated heterocycles. The first-order valence-corrected chi connectivity index (χ1v) is 6.29. The van der Waals surface area contributed by atoms with E-state index >= 15 is 0 Å². The van der Waals surface area contributed by atoms with Gasteiger partial charge in [0.2, 0.25) is 0 Å². The summed E-state index contributed by atoms with van der Waals surface area (Å²) in [5.74, 6) is 0.675. The molecule has 1 aromatic heterocycles. The summed E-state index contributed by atoms with van der Waals surface area (Å²) in [6, 6.07) is 1.50. The van der Waals surface area contributed by atoms with E-state index in [0.717, 1.165) is 13.1 Å². The van der Waals surface area contributed by atoms with Gasteiger partial charge in [-0.1, -0.05) is 32.9 Å². The molecule has 1 rings (SSSR count). The second-order valence-electron chi connectivity index (χ2n) is 5.47. The van der Waals surface area contributed by atoms with Gasteiger partial charge in [0, 0.05) is 19.2 Å². The molecular weight excluding hydrogens is 232 g/mol. The van der Waals surface area contributed by atoms with Crippen molar-refractivity contribution in [2.45, 2.75) is 34.2 Å². The first-order chi connectivity index (χ1) is 8.38. The quantitative estimate of drug-likeness (QED) is 0.809. The molecule has 1 aromatic rings. The fraction of sp³-hybridized carbons (Fsp3) is 0.692. The topological polar surface area (TPSA) is 66.6 Å². The molecule has 0 atom stereocenters. The number of nitrogens with zero attached hydrogens (tertiary/aromatic N) is 2. The normalized spacial score (nSPS) is 11.7. The van der Waals surface area contributed by atoms with Crippen molar-refractivity contribution in [1.82, 2.24) is 10.1 Å². The molecule has 0 radical (unpaired) electrons. The van der Waals surface area contributed by atoms with Crippen LogP contribution in [0.4, 0.5) is 0 Å². The van der Waals surface area contributed by atoms with Crippen LogP contribution in [0.15, 0.2) is 10.6 Å². The fourth-order valence-electron chi connectivity index (χ4n) is 1.95. The first-order valence-electron chi connectivity index (χ1n) is 6.29. The maximum atomic E-state index is 10.7. The van der Waals surface area contributed by atoms with E-state index < -0.39 is 5.97 Å². The molecule has 0 unspecified atom stereocenters. The standard InChI is InChI=1S/C13H22N2O3/c1-9(2)6-15(7-10(3)4)8-11-5-12(13(16)17)14-18-11/h5,9-10H,6-8H2,1-4H3,(H,16,17). The molecule has 0 aromatic carbocycles. The second-order valence-corrected chi connectivity index (χ2v) is 5.47. The van der Waals surface area contributed by atoms with Crippen molar-refractivity contribution in [3.8, 4) is 0 Å². The van der Waals surface area contributed by atoms with Crippen LogP contribution in [0.1, 0.15) is 43.9 Å².